The number of benzene rings is 2. The van der Waals surface area contributed by atoms with Crippen molar-refractivity contribution in [1.29, 1.82) is 0 Å². The molecular weight excluding hydrogens is 332 g/mol. The second-order valence-electron chi connectivity index (χ2n) is 4.99. The van der Waals surface area contributed by atoms with Gasteiger partial charge in [0, 0.05) is 10.1 Å². The molecule has 0 N–H and O–H groups in total. The van der Waals surface area contributed by atoms with Crippen molar-refractivity contribution in [1.82, 2.24) is 0 Å². The van der Waals surface area contributed by atoms with Crippen molar-refractivity contribution in [2.45, 2.75) is 13.3 Å². The Morgan fingerprint density at radius 3 is 2.48 bits per heavy atom. The largest absolute Gasteiger partial charge is 0.497 e. The van der Waals surface area contributed by atoms with Crippen LogP contribution in [0.4, 0.5) is 0 Å². The maximum Gasteiger partial charge on any atom is 0.355 e. The number of carbonyl (C=O) groups is 1. The van der Waals surface area contributed by atoms with Gasteiger partial charge in [0.2, 0.25) is 0 Å². The van der Waals surface area contributed by atoms with E-state index in [4.69, 9.17) is 21.1 Å². The fourth-order valence-corrected chi connectivity index (χ4v) is 3.66. The summed E-state index contributed by atoms with van der Waals surface area (Å²) in [6, 6.07) is 13.0. The molecule has 3 aromatic rings. The zero-order valence-corrected chi connectivity index (χ0v) is 14.3. The van der Waals surface area contributed by atoms with Crippen molar-refractivity contribution in [3.8, 4) is 11.5 Å². The van der Waals surface area contributed by atoms with E-state index in [1.807, 2.05) is 30.3 Å². The average Bonchev–Trinajstić information content (AvgIpc) is 2.92. The van der Waals surface area contributed by atoms with Gasteiger partial charge in [-0.1, -0.05) is 30.7 Å². The molecule has 1 aromatic heterocycles. The minimum atomic E-state index is -0.445. The highest BCUT2D eigenvalue weighted by molar-refractivity contribution is 7.21. The Hall–Kier alpha value is -2.04. The molecule has 3 rings (SSSR count). The van der Waals surface area contributed by atoms with E-state index in [2.05, 4.69) is 6.92 Å². The molecule has 0 saturated carbocycles. The molecule has 0 radical (unpaired) electrons. The minimum absolute atomic E-state index is 0.398. The molecule has 0 saturated heterocycles. The Labute approximate surface area is 143 Å². The molecule has 0 unspecified atom stereocenters. The summed E-state index contributed by atoms with van der Waals surface area (Å²) < 4.78 is 11.5. The summed E-state index contributed by atoms with van der Waals surface area (Å²) in [6.45, 7) is 2.08. The summed E-state index contributed by atoms with van der Waals surface area (Å²) in [7, 11) is 1.60. The number of esters is 1. The van der Waals surface area contributed by atoms with E-state index >= 15 is 0 Å². The third-order valence-corrected chi connectivity index (χ3v) is 5.20. The molecule has 0 aliphatic carbocycles. The number of fused-ring (bicyclic) bond motifs is 1. The van der Waals surface area contributed by atoms with Crippen LogP contribution in [-0.2, 0) is 6.42 Å². The molecular formula is C18H15ClO3S. The first-order chi connectivity index (χ1) is 11.1. The highest BCUT2D eigenvalue weighted by Gasteiger charge is 2.19. The SMILES string of the molecule is CCc1ccc(OC(=O)c2sc3cc(OC)ccc3c2Cl)cc1. The van der Waals surface area contributed by atoms with E-state index < -0.39 is 5.97 Å². The predicted octanol–water partition coefficient (Wildman–Crippen LogP) is 5.34. The van der Waals surface area contributed by atoms with Crippen LogP contribution in [0.15, 0.2) is 42.5 Å². The Kier molecular flexibility index (Phi) is 4.55. The Morgan fingerprint density at radius 1 is 1.13 bits per heavy atom. The van der Waals surface area contributed by atoms with Gasteiger partial charge in [0.05, 0.1) is 12.1 Å². The number of hydrogen-bond acceptors (Lipinski definition) is 4. The summed E-state index contributed by atoms with van der Waals surface area (Å²) in [6.07, 6.45) is 0.943. The van der Waals surface area contributed by atoms with Crippen LogP contribution in [0.1, 0.15) is 22.2 Å². The fourth-order valence-electron chi connectivity index (χ4n) is 2.25. The molecule has 0 amide bonds. The van der Waals surface area contributed by atoms with Crippen molar-refractivity contribution in [3.05, 3.63) is 57.9 Å². The van der Waals surface area contributed by atoms with Gasteiger partial charge in [-0.25, -0.2) is 4.79 Å². The summed E-state index contributed by atoms with van der Waals surface area (Å²) in [5, 5.41) is 1.24. The number of aryl methyl sites for hydroxylation is 1. The first-order valence-corrected chi connectivity index (χ1v) is 8.39. The maximum absolute atomic E-state index is 12.4. The van der Waals surface area contributed by atoms with Crippen molar-refractivity contribution < 1.29 is 14.3 Å². The summed E-state index contributed by atoms with van der Waals surface area (Å²) in [5.74, 6) is 0.795. The third-order valence-electron chi connectivity index (χ3n) is 3.56. The zero-order chi connectivity index (χ0) is 16.4. The fraction of sp³-hybridized carbons (Fsp3) is 0.167. The molecule has 5 heteroatoms. The van der Waals surface area contributed by atoms with Crippen LogP contribution in [0.25, 0.3) is 10.1 Å². The van der Waals surface area contributed by atoms with E-state index in [1.54, 1.807) is 19.2 Å². The number of halogens is 1. The van der Waals surface area contributed by atoms with E-state index in [0.29, 0.717) is 15.6 Å². The molecule has 0 spiro atoms. The second-order valence-corrected chi connectivity index (χ2v) is 6.42. The van der Waals surface area contributed by atoms with Crippen molar-refractivity contribution >= 4 is 39.0 Å². The number of ether oxygens (including phenoxy) is 2. The Bertz CT molecular complexity index is 853. The van der Waals surface area contributed by atoms with Gasteiger partial charge < -0.3 is 9.47 Å². The van der Waals surface area contributed by atoms with Crippen LogP contribution in [0.3, 0.4) is 0 Å². The predicted molar refractivity (Wildman–Crippen MR) is 94.2 cm³/mol. The quantitative estimate of drug-likeness (QED) is 0.472. The molecule has 23 heavy (non-hydrogen) atoms. The molecule has 0 aliphatic rings. The van der Waals surface area contributed by atoms with E-state index in [0.717, 1.165) is 22.3 Å². The summed E-state index contributed by atoms with van der Waals surface area (Å²) in [4.78, 5) is 12.8. The highest BCUT2D eigenvalue weighted by atomic mass is 35.5. The first-order valence-electron chi connectivity index (χ1n) is 7.19. The standard InChI is InChI=1S/C18H15ClO3S/c1-3-11-4-6-12(7-5-11)22-18(20)17-16(19)14-9-8-13(21-2)10-15(14)23-17/h4-10H,3H2,1-2H3. The van der Waals surface area contributed by atoms with Crippen LogP contribution in [0.2, 0.25) is 5.02 Å². The molecule has 0 bridgehead atoms. The topological polar surface area (TPSA) is 35.5 Å². The van der Waals surface area contributed by atoms with Crippen LogP contribution in [0.5, 0.6) is 11.5 Å². The third kappa shape index (κ3) is 3.19. The molecule has 0 aliphatic heterocycles. The molecule has 2 aromatic carbocycles. The van der Waals surface area contributed by atoms with E-state index in [9.17, 15) is 4.79 Å². The Balaban J connectivity index is 1.89. The highest BCUT2D eigenvalue weighted by Crippen LogP contribution is 2.37. The lowest BCUT2D eigenvalue weighted by atomic mass is 10.2. The number of methoxy groups -OCH3 is 1. The molecule has 1 heterocycles. The van der Waals surface area contributed by atoms with E-state index in [1.165, 1.54) is 16.9 Å². The number of thiophene rings is 1. The molecule has 0 atom stereocenters. The molecule has 0 fully saturated rings. The van der Waals surface area contributed by atoms with Gasteiger partial charge in [-0.2, -0.15) is 0 Å². The van der Waals surface area contributed by atoms with Gasteiger partial charge in [-0.05, 0) is 42.3 Å². The van der Waals surface area contributed by atoms with E-state index in [-0.39, 0.29) is 0 Å². The molecule has 3 nitrogen and oxygen atoms in total. The zero-order valence-electron chi connectivity index (χ0n) is 12.8. The lowest BCUT2D eigenvalue weighted by Crippen LogP contribution is -2.06. The normalized spacial score (nSPS) is 10.7. The number of rotatable bonds is 4. The monoisotopic (exact) mass is 346 g/mol. The number of carbonyl (C=O) groups excluding carboxylic acids is 1. The first kappa shape index (κ1) is 15.8. The maximum atomic E-state index is 12.4. The van der Waals surface area contributed by atoms with Gasteiger partial charge in [0.25, 0.3) is 0 Å². The van der Waals surface area contributed by atoms with Crippen LogP contribution in [-0.4, -0.2) is 13.1 Å². The lowest BCUT2D eigenvalue weighted by molar-refractivity contribution is 0.0740. The number of hydrogen-bond donors (Lipinski definition) is 0. The Morgan fingerprint density at radius 2 is 1.83 bits per heavy atom. The minimum Gasteiger partial charge on any atom is -0.497 e. The van der Waals surface area contributed by atoms with Crippen LogP contribution < -0.4 is 9.47 Å². The van der Waals surface area contributed by atoms with Crippen LogP contribution in [0, 0.1) is 0 Å². The van der Waals surface area contributed by atoms with Crippen LogP contribution >= 0.6 is 22.9 Å². The smallest absolute Gasteiger partial charge is 0.355 e. The lowest BCUT2D eigenvalue weighted by Gasteiger charge is -2.04. The average molecular weight is 347 g/mol. The van der Waals surface area contributed by atoms with Crippen molar-refractivity contribution in [2.24, 2.45) is 0 Å². The van der Waals surface area contributed by atoms with Gasteiger partial charge in [-0.3, -0.25) is 0 Å². The van der Waals surface area contributed by atoms with Crippen molar-refractivity contribution in [3.63, 3.8) is 0 Å². The second kappa shape index (κ2) is 6.60. The van der Waals surface area contributed by atoms with Crippen molar-refractivity contribution in [2.75, 3.05) is 7.11 Å². The summed E-state index contributed by atoms with van der Waals surface area (Å²) >= 11 is 7.63. The van der Waals surface area contributed by atoms with Gasteiger partial charge in [0.1, 0.15) is 16.4 Å². The summed E-state index contributed by atoms with van der Waals surface area (Å²) in [5.41, 5.74) is 1.19. The van der Waals surface area contributed by atoms with Gasteiger partial charge >= 0.3 is 5.97 Å². The van der Waals surface area contributed by atoms with Gasteiger partial charge in [0.15, 0.2) is 0 Å². The van der Waals surface area contributed by atoms with Gasteiger partial charge in [-0.15, -0.1) is 11.3 Å². The molecule has 118 valence electrons.